The molecule has 2 aromatic carbocycles. The molecule has 0 aliphatic rings. The van der Waals surface area contributed by atoms with Gasteiger partial charge in [0.1, 0.15) is 16.4 Å². The van der Waals surface area contributed by atoms with Crippen molar-refractivity contribution in [3.8, 4) is 11.5 Å². The number of hydrogen-bond donors (Lipinski definition) is 1. The van der Waals surface area contributed by atoms with Crippen LogP contribution in [0.2, 0.25) is 10.0 Å². The average molecular weight is 462 g/mol. The first kappa shape index (κ1) is 23.3. The van der Waals surface area contributed by atoms with Crippen LogP contribution in [0.25, 0.3) is 0 Å². The number of nitrogens with one attached hydrogen (secondary N) is 1. The molecule has 2 rings (SSSR count). The van der Waals surface area contributed by atoms with Crippen molar-refractivity contribution in [2.75, 3.05) is 20.8 Å². The first-order chi connectivity index (χ1) is 13.7. The first-order valence-corrected chi connectivity index (χ1v) is 10.8. The van der Waals surface area contributed by atoms with Crippen molar-refractivity contribution in [1.29, 1.82) is 0 Å². The number of esters is 1. The quantitative estimate of drug-likeness (QED) is 0.567. The van der Waals surface area contributed by atoms with E-state index >= 15 is 0 Å². The van der Waals surface area contributed by atoms with Crippen LogP contribution < -0.4 is 14.2 Å². The fraction of sp³-hybridized carbons (Fsp3) is 0.316. The van der Waals surface area contributed by atoms with Crippen LogP contribution >= 0.6 is 23.2 Å². The molecule has 7 nitrogen and oxygen atoms in total. The third-order valence-electron chi connectivity index (χ3n) is 3.98. The second-order valence-corrected chi connectivity index (χ2v) is 8.34. The summed E-state index contributed by atoms with van der Waals surface area (Å²) in [7, 11) is -1.47. The van der Waals surface area contributed by atoms with Crippen LogP contribution in [0.5, 0.6) is 11.5 Å². The van der Waals surface area contributed by atoms with Gasteiger partial charge in [0.15, 0.2) is 0 Å². The molecule has 0 fully saturated rings. The highest BCUT2D eigenvalue weighted by Gasteiger charge is 2.29. The third kappa shape index (κ3) is 5.76. The van der Waals surface area contributed by atoms with Crippen LogP contribution in [0.4, 0.5) is 0 Å². The molecule has 1 atom stereocenters. The summed E-state index contributed by atoms with van der Waals surface area (Å²) < 4.78 is 44.0. The van der Waals surface area contributed by atoms with Crippen molar-refractivity contribution in [2.45, 2.75) is 24.3 Å². The number of sulfonamides is 1. The van der Waals surface area contributed by atoms with Crippen LogP contribution in [-0.2, 0) is 19.6 Å². The van der Waals surface area contributed by atoms with Gasteiger partial charge in [-0.2, -0.15) is 0 Å². The van der Waals surface area contributed by atoms with E-state index in [1.54, 1.807) is 31.2 Å². The number of benzene rings is 2. The van der Waals surface area contributed by atoms with Crippen LogP contribution in [-0.4, -0.2) is 35.2 Å². The van der Waals surface area contributed by atoms with E-state index in [4.69, 9.17) is 37.4 Å². The Morgan fingerprint density at radius 3 is 2.31 bits per heavy atom. The molecule has 0 bridgehead atoms. The molecule has 0 heterocycles. The minimum atomic E-state index is -4.16. The van der Waals surface area contributed by atoms with Crippen LogP contribution in [0, 0.1) is 0 Å². The van der Waals surface area contributed by atoms with Gasteiger partial charge in [-0.15, -0.1) is 0 Å². The first-order valence-electron chi connectivity index (χ1n) is 8.57. The second-order valence-electron chi connectivity index (χ2n) is 5.84. The Morgan fingerprint density at radius 1 is 1.07 bits per heavy atom. The molecule has 158 valence electrons. The molecule has 0 unspecified atom stereocenters. The number of ether oxygens (including phenoxy) is 3. The highest BCUT2D eigenvalue weighted by Crippen LogP contribution is 2.36. The summed E-state index contributed by atoms with van der Waals surface area (Å²) in [5.74, 6) is -0.384. The van der Waals surface area contributed by atoms with Crippen molar-refractivity contribution in [1.82, 2.24) is 4.72 Å². The van der Waals surface area contributed by atoms with Gasteiger partial charge < -0.3 is 14.2 Å². The Bertz CT molecular complexity index is 981. The molecule has 0 amide bonds. The molecule has 1 N–H and O–H groups in total. The minimum absolute atomic E-state index is 0.0253. The maximum Gasteiger partial charge on any atom is 0.307 e. The number of carbonyl (C=O) groups excluding carboxylic acids is 1. The predicted octanol–water partition coefficient (Wildman–Crippen LogP) is 3.98. The molecular weight excluding hydrogens is 441 g/mol. The lowest BCUT2D eigenvalue weighted by Gasteiger charge is -2.21. The van der Waals surface area contributed by atoms with Crippen molar-refractivity contribution in [3.05, 3.63) is 52.0 Å². The Balaban J connectivity index is 2.49. The van der Waals surface area contributed by atoms with E-state index in [0.29, 0.717) is 10.6 Å². The molecule has 0 saturated heterocycles. The van der Waals surface area contributed by atoms with Gasteiger partial charge >= 0.3 is 5.97 Å². The third-order valence-corrected chi connectivity index (χ3v) is 6.11. The number of methoxy groups -OCH3 is 2. The molecular formula is C19H21Cl2NO6S. The number of carbonyl (C=O) groups is 1. The molecule has 0 saturated carbocycles. The SMILES string of the molecule is CCOC(=O)C[C@@H](NS(=O)(=O)c1cc(OC)c(Cl)cc1OC)c1ccccc1Cl. The van der Waals surface area contributed by atoms with E-state index in [1.807, 2.05) is 0 Å². The Morgan fingerprint density at radius 2 is 1.72 bits per heavy atom. The summed E-state index contributed by atoms with van der Waals surface area (Å²) in [5, 5.41) is 0.502. The van der Waals surface area contributed by atoms with E-state index in [9.17, 15) is 13.2 Å². The minimum Gasteiger partial charge on any atom is -0.495 e. The van der Waals surface area contributed by atoms with Crippen LogP contribution in [0.1, 0.15) is 24.9 Å². The summed E-state index contributed by atoms with van der Waals surface area (Å²) in [5.41, 5.74) is 0.436. The van der Waals surface area contributed by atoms with E-state index in [0.717, 1.165) is 0 Å². The standard InChI is InChI=1S/C19H21Cl2NO6S/c1-4-28-19(23)10-15(12-7-5-6-8-13(12)20)22-29(24,25)18-11-16(26-2)14(21)9-17(18)27-3/h5-9,11,15,22H,4,10H2,1-3H3/t15-/m1/s1. The maximum absolute atomic E-state index is 13.1. The predicted molar refractivity (Wildman–Crippen MR) is 110 cm³/mol. The van der Waals surface area contributed by atoms with Crippen molar-refractivity contribution in [3.63, 3.8) is 0 Å². The average Bonchev–Trinajstić information content (AvgIpc) is 2.67. The summed E-state index contributed by atoms with van der Waals surface area (Å²) in [4.78, 5) is 11.9. The van der Waals surface area contributed by atoms with Crippen molar-refractivity contribution < 1.29 is 27.4 Å². The molecule has 2 aromatic rings. The lowest BCUT2D eigenvalue weighted by Crippen LogP contribution is -2.31. The molecule has 10 heteroatoms. The zero-order valence-electron chi connectivity index (χ0n) is 16.1. The number of rotatable bonds is 9. The van der Waals surface area contributed by atoms with Crippen molar-refractivity contribution in [2.24, 2.45) is 0 Å². The lowest BCUT2D eigenvalue weighted by molar-refractivity contribution is -0.143. The van der Waals surface area contributed by atoms with Gasteiger partial charge in [0.2, 0.25) is 10.0 Å². The largest absolute Gasteiger partial charge is 0.495 e. The fourth-order valence-corrected chi connectivity index (χ4v) is 4.53. The maximum atomic E-state index is 13.1. The molecule has 29 heavy (non-hydrogen) atoms. The van der Waals surface area contributed by atoms with Gasteiger partial charge in [0.05, 0.1) is 38.3 Å². The molecule has 0 spiro atoms. The Hall–Kier alpha value is -2.00. The van der Waals surface area contributed by atoms with Crippen LogP contribution in [0.15, 0.2) is 41.3 Å². The highest BCUT2D eigenvalue weighted by atomic mass is 35.5. The summed E-state index contributed by atoms with van der Waals surface area (Å²) >= 11 is 12.3. The summed E-state index contributed by atoms with van der Waals surface area (Å²) in [6.45, 7) is 1.83. The van der Waals surface area contributed by atoms with Crippen LogP contribution in [0.3, 0.4) is 0 Å². The Labute approximate surface area is 179 Å². The normalized spacial score (nSPS) is 12.3. The smallest absolute Gasteiger partial charge is 0.307 e. The molecule has 0 aliphatic heterocycles. The van der Waals surface area contributed by atoms with Gasteiger partial charge in [-0.05, 0) is 18.6 Å². The zero-order valence-corrected chi connectivity index (χ0v) is 18.4. The lowest BCUT2D eigenvalue weighted by atomic mass is 10.1. The second kappa shape index (κ2) is 10.2. The van der Waals surface area contributed by atoms with E-state index < -0.39 is 22.0 Å². The van der Waals surface area contributed by atoms with Gasteiger partial charge in [0.25, 0.3) is 0 Å². The topological polar surface area (TPSA) is 90.9 Å². The summed E-state index contributed by atoms with van der Waals surface area (Å²) in [6.07, 6.45) is -0.246. The fourth-order valence-electron chi connectivity index (χ4n) is 2.65. The highest BCUT2D eigenvalue weighted by molar-refractivity contribution is 7.89. The molecule has 0 radical (unpaired) electrons. The molecule has 0 aliphatic carbocycles. The zero-order chi connectivity index (χ0) is 21.6. The van der Waals surface area contributed by atoms with Gasteiger partial charge in [0, 0.05) is 17.2 Å². The van der Waals surface area contributed by atoms with Gasteiger partial charge in [-0.1, -0.05) is 41.4 Å². The monoisotopic (exact) mass is 461 g/mol. The Kier molecular flexibility index (Phi) is 8.15. The van der Waals surface area contributed by atoms with Gasteiger partial charge in [-0.25, -0.2) is 13.1 Å². The number of hydrogen-bond acceptors (Lipinski definition) is 6. The number of halogens is 2. The molecule has 0 aromatic heterocycles. The van der Waals surface area contributed by atoms with E-state index in [-0.39, 0.29) is 34.4 Å². The van der Waals surface area contributed by atoms with Gasteiger partial charge in [-0.3, -0.25) is 4.79 Å². The summed E-state index contributed by atoms with van der Waals surface area (Å²) in [6, 6.07) is 8.26. The van der Waals surface area contributed by atoms with E-state index in [2.05, 4.69) is 4.72 Å². The van der Waals surface area contributed by atoms with Crippen molar-refractivity contribution >= 4 is 39.2 Å². The van der Waals surface area contributed by atoms with E-state index in [1.165, 1.54) is 26.4 Å².